The lowest BCUT2D eigenvalue weighted by Crippen LogP contribution is -2.07. The summed E-state index contributed by atoms with van der Waals surface area (Å²) >= 11 is 0. The number of aromatic amines is 1. The van der Waals surface area contributed by atoms with Crippen LogP contribution in [-0.4, -0.2) is 24.1 Å². The zero-order valence-corrected chi connectivity index (χ0v) is 12.7. The number of anilines is 1. The Bertz CT molecular complexity index is 949. The highest BCUT2D eigenvalue weighted by atomic mass is 15.1. The van der Waals surface area contributed by atoms with Crippen molar-refractivity contribution in [1.82, 2.24) is 9.97 Å². The second-order valence-electron chi connectivity index (χ2n) is 5.72. The second kappa shape index (κ2) is 4.88. The lowest BCUT2D eigenvalue weighted by atomic mass is 10.0. The highest BCUT2D eigenvalue weighted by Gasteiger charge is 2.10. The predicted molar refractivity (Wildman–Crippen MR) is 93.4 cm³/mol. The molecule has 4 aromatic rings. The smallest absolute Gasteiger partial charge is 0.0657 e. The van der Waals surface area contributed by atoms with Crippen LogP contribution in [-0.2, 0) is 0 Å². The Kier molecular flexibility index (Phi) is 2.86. The summed E-state index contributed by atoms with van der Waals surface area (Å²) in [6.45, 7) is 0. The second-order valence-corrected chi connectivity index (χ2v) is 5.72. The minimum Gasteiger partial charge on any atom is -0.378 e. The molecule has 2 aromatic carbocycles. The third kappa shape index (κ3) is 1.94. The summed E-state index contributed by atoms with van der Waals surface area (Å²) in [5, 5.41) is 2.48. The molecule has 4 rings (SSSR count). The molecule has 0 spiro atoms. The van der Waals surface area contributed by atoms with Crippen molar-refractivity contribution >= 4 is 27.5 Å². The van der Waals surface area contributed by atoms with E-state index in [0.29, 0.717) is 0 Å². The molecule has 108 valence electrons. The van der Waals surface area contributed by atoms with Gasteiger partial charge in [-0.05, 0) is 23.8 Å². The van der Waals surface area contributed by atoms with Gasteiger partial charge in [-0.1, -0.05) is 30.3 Å². The van der Waals surface area contributed by atoms with Gasteiger partial charge in [0.25, 0.3) is 0 Å². The van der Waals surface area contributed by atoms with Crippen molar-refractivity contribution < 1.29 is 0 Å². The van der Waals surface area contributed by atoms with Crippen molar-refractivity contribution in [3.05, 3.63) is 60.9 Å². The fourth-order valence-electron chi connectivity index (χ4n) is 2.96. The molecule has 3 heteroatoms. The minimum atomic E-state index is 1.08. The standard InChI is InChI=1S/C19H17N3/c1-22(2)14-9-7-13(8-10-14)16-11-20-12-18-19(16)15-5-3-4-6-17(15)21-18/h3-12,21H,1-2H3. The Hall–Kier alpha value is -2.81. The lowest BCUT2D eigenvalue weighted by Gasteiger charge is -2.13. The number of fused-ring (bicyclic) bond motifs is 3. The zero-order chi connectivity index (χ0) is 15.1. The first-order valence-electron chi connectivity index (χ1n) is 7.36. The van der Waals surface area contributed by atoms with Gasteiger partial charge in [0.1, 0.15) is 0 Å². The molecule has 22 heavy (non-hydrogen) atoms. The number of aromatic nitrogens is 2. The van der Waals surface area contributed by atoms with Crippen molar-refractivity contribution in [3.63, 3.8) is 0 Å². The first-order chi connectivity index (χ1) is 10.7. The molecule has 0 atom stereocenters. The number of nitrogens with zero attached hydrogens (tertiary/aromatic N) is 2. The molecule has 0 saturated carbocycles. The Morgan fingerprint density at radius 1 is 0.864 bits per heavy atom. The van der Waals surface area contributed by atoms with Gasteiger partial charge in [0, 0.05) is 47.8 Å². The van der Waals surface area contributed by atoms with E-state index in [0.717, 1.165) is 11.0 Å². The van der Waals surface area contributed by atoms with Gasteiger partial charge < -0.3 is 9.88 Å². The largest absolute Gasteiger partial charge is 0.378 e. The summed E-state index contributed by atoms with van der Waals surface area (Å²) in [6.07, 6.45) is 3.85. The quantitative estimate of drug-likeness (QED) is 0.590. The molecule has 0 fully saturated rings. The number of para-hydroxylation sites is 1. The SMILES string of the molecule is CN(C)c1ccc(-c2cncc3[nH]c4ccccc4c23)cc1. The zero-order valence-electron chi connectivity index (χ0n) is 12.7. The number of rotatable bonds is 2. The van der Waals surface area contributed by atoms with Crippen LogP contribution in [0.5, 0.6) is 0 Å². The highest BCUT2D eigenvalue weighted by molar-refractivity contribution is 6.13. The Morgan fingerprint density at radius 3 is 2.41 bits per heavy atom. The minimum absolute atomic E-state index is 1.08. The van der Waals surface area contributed by atoms with Crippen molar-refractivity contribution in [2.75, 3.05) is 19.0 Å². The van der Waals surface area contributed by atoms with Crippen molar-refractivity contribution in [2.24, 2.45) is 0 Å². The number of hydrogen-bond acceptors (Lipinski definition) is 2. The summed E-state index contributed by atoms with van der Waals surface area (Å²) in [7, 11) is 4.11. The van der Waals surface area contributed by atoms with Crippen LogP contribution in [0.2, 0.25) is 0 Å². The van der Waals surface area contributed by atoms with E-state index in [1.165, 1.54) is 27.6 Å². The molecule has 0 amide bonds. The summed E-state index contributed by atoms with van der Waals surface area (Å²) in [4.78, 5) is 9.95. The Balaban J connectivity index is 1.98. The monoisotopic (exact) mass is 287 g/mol. The molecule has 0 bridgehead atoms. The molecule has 2 heterocycles. The van der Waals surface area contributed by atoms with Gasteiger partial charge >= 0.3 is 0 Å². The molecule has 0 aliphatic rings. The van der Waals surface area contributed by atoms with E-state index >= 15 is 0 Å². The van der Waals surface area contributed by atoms with Crippen LogP contribution in [0.1, 0.15) is 0 Å². The van der Waals surface area contributed by atoms with Crippen molar-refractivity contribution in [3.8, 4) is 11.1 Å². The van der Waals surface area contributed by atoms with Crippen LogP contribution in [0, 0.1) is 0 Å². The molecule has 3 nitrogen and oxygen atoms in total. The average Bonchev–Trinajstić information content (AvgIpc) is 2.93. The number of H-pyrrole nitrogens is 1. The van der Waals surface area contributed by atoms with Crippen LogP contribution >= 0.6 is 0 Å². The fourth-order valence-corrected chi connectivity index (χ4v) is 2.96. The van der Waals surface area contributed by atoms with Crippen LogP contribution in [0.3, 0.4) is 0 Å². The van der Waals surface area contributed by atoms with Crippen LogP contribution in [0.4, 0.5) is 5.69 Å². The summed E-state index contributed by atoms with van der Waals surface area (Å²) < 4.78 is 0. The van der Waals surface area contributed by atoms with Gasteiger partial charge in [0.15, 0.2) is 0 Å². The number of hydrogen-bond donors (Lipinski definition) is 1. The van der Waals surface area contributed by atoms with Gasteiger partial charge in [-0.15, -0.1) is 0 Å². The summed E-state index contributed by atoms with van der Waals surface area (Å²) in [6, 6.07) is 17.0. The molecule has 0 saturated heterocycles. The first-order valence-corrected chi connectivity index (χ1v) is 7.36. The summed E-state index contributed by atoms with van der Waals surface area (Å²) in [5.74, 6) is 0. The van der Waals surface area contributed by atoms with Gasteiger partial charge in [-0.2, -0.15) is 0 Å². The maximum Gasteiger partial charge on any atom is 0.0657 e. The van der Waals surface area contributed by atoms with Gasteiger partial charge in [-0.3, -0.25) is 4.98 Å². The number of pyridine rings is 1. The molecular formula is C19H17N3. The third-order valence-corrected chi connectivity index (χ3v) is 4.11. The Morgan fingerprint density at radius 2 is 1.64 bits per heavy atom. The molecule has 0 radical (unpaired) electrons. The van der Waals surface area contributed by atoms with Gasteiger partial charge in [0.05, 0.1) is 11.7 Å². The number of nitrogens with one attached hydrogen (secondary N) is 1. The van der Waals surface area contributed by atoms with E-state index in [4.69, 9.17) is 0 Å². The Labute approximate surface area is 129 Å². The molecular weight excluding hydrogens is 270 g/mol. The number of benzene rings is 2. The fraction of sp³-hybridized carbons (Fsp3) is 0.105. The lowest BCUT2D eigenvalue weighted by molar-refractivity contribution is 1.13. The first kappa shape index (κ1) is 12.9. The van der Waals surface area contributed by atoms with E-state index < -0.39 is 0 Å². The highest BCUT2D eigenvalue weighted by Crippen LogP contribution is 2.34. The van der Waals surface area contributed by atoms with Gasteiger partial charge in [-0.25, -0.2) is 0 Å². The van der Waals surface area contributed by atoms with Gasteiger partial charge in [0.2, 0.25) is 0 Å². The predicted octanol–water partition coefficient (Wildman–Crippen LogP) is 4.45. The summed E-state index contributed by atoms with van der Waals surface area (Å²) in [5.41, 5.74) is 5.78. The van der Waals surface area contributed by atoms with E-state index in [9.17, 15) is 0 Å². The van der Waals surface area contributed by atoms with E-state index in [1.54, 1.807) is 0 Å². The van der Waals surface area contributed by atoms with E-state index in [1.807, 2.05) is 12.4 Å². The van der Waals surface area contributed by atoms with E-state index in [-0.39, 0.29) is 0 Å². The van der Waals surface area contributed by atoms with Crippen molar-refractivity contribution in [2.45, 2.75) is 0 Å². The van der Waals surface area contributed by atoms with Crippen LogP contribution in [0.25, 0.3) is 32.9 Å². The molecule has 0 aliphatic carbocycles. The normalized spacial score (nSPS) is 11.2. The topological polar surface area (TPSA) is 31.9 Å². The average molecular weight is 287 g/mol. The molecule has 2 aromatic heterocycles. The third-order valence-electron chi connectivity index (χ3n) is 4.11. The van der Waals surface area contributed by atoms with E-state index in [2.05, 4.69) is 77.5 Å². The van der Waals surface area contributed by atoms with Crippen LogP contribution in [0.15, 0.2) is 60.9 Å². The van der Waals surface area contributed by atoms with Crippen molar-refractivity contribution in [1.29, 1.82) is 0 Å². The van der Waals surface area contributed by atoms with Crippen LogP contribution < -0.4 is 4.90 Å². The molecule has 1 N–H and O–H groups in total. The molecule has 0 unspecified atom stereocenters. The maximum absolute atomic E-state index is 4.40. The maximum atomic E-state index is 4.40. The molecule has 0 aliphatic heterocycles.